The summed E-state index contributed by atoms with van der Waals surface area (Å²) in [5.74, 6) is 0.0749. The molecule has 0 aromatic rings. The third-order valence-electron chi connectivity index (χ3n) is 9.44. The molecule has 0 aromatic heterocycles. The molecule has 1 N–H and O–H groups in total. The molecular weight excluding hydrogens is 600 g/mol. The van der Waals surface area contributed by atoms with Gasteiger partial charge >= 0.3 is 11.9 Å². The van der Waals surface area contributed by atoms with Gasteiger partial charge < -0.3 is 19.7 Å². The quantitative estimate of drug-likeness (QED) is 0.0519. The Bertz CT molecular complexity index is 732. The molecule has 0 fully saturated rings. The fourth-order valence-electron chi connectivity index (χ4n) is 6.26. The molecule has 7 heteroatoms. The second kappa shape index (κ2) is 36.6. The molecule has 284 valence electrons. The van der Waals surface area contributed by atoms with E-state index in [-0.39, 0.29) is 23.9 Å². The third kappa shape index (κ3) is 32.9. The van der Waals surface area contributed by atoms with Gasteiger partial charge in [0.25, 0.3) is 0 Å². The molecule has 0 heterocycles. The number of carbonyl (C=O) groups excluding carboxylic acids is 3. The van der Waals surface area contributed by atoms with Crippen LogP contribution in [0.4, 0.5) is 0 Å². The van der Waals surface area contributed by atoms with Crippen LogP contribution < -0.4 is 5.32 Å². The highest BCUT2D eigenvalue weighted by Gasteiger charge is 2.14. The van der Waals surface area contributed by atoms with Crippen molar-refractivity contribution in [1.82, 2.24) is 10.2 Å². The summed E-state index contributed by atoms with van der Waals surface area (Å²) in [5, 5.41) is 2.73. The van der Waals surface area contributed by atoms with Crippen molar-refractivity contribution in [2.45, 2.75) is 213 Å². The predicted molar refractivity (Wildman–Crippen MR) is 202 cm³/mol. The van der Waals surface area contributed by atoms with Crippen molar-refractivity contribution in [2.75, 3.05) is 33.3 Å². The van der Waals surface area contributed by atoms with Crippen LogP contribution in [0, 0.1) is 0 Å². The lowest BCUT2D eigenvalue weighted by Gasteiger charge is -2.22. The average molecular weight is 681 g/mol. The van der Waals surface area contributed by atoms with E-state index < -0.39 is 0 Å². The molecule has 0 spiro atoms. The van der Waals surface area contributed by atoms with Crippen LogP contribution in [0.25, 0.3) is 0 Å². The Balaban J connectivity index is 4.14. The maximum Gasteiger partial charge on any atom is 0.306 e. The zero-order valence-electron chi connectivity index (χ0n) is 32.4. The number of nitrogens with zero attached hydrogens (tertiary/aromatic N) is 1. The standard InChI is InChI=1S/C41H80N2O5/c1-5-8-11-13-20-27-37-47-40(45)32-23-16-14-18-25-34-43(36-28-31-39(44)42-4)35-26-19-15-17-24-33-41(46)48-38(29-21-10-7-3)30-22-12-9-6-2/h38H,5-37H2,1-4H3,(H,42,44). The van der Waals surface area contributed by atoms with E-state index in [1.165, 1.54) is 70.6 Å². The zero-order valence-corrected chi connectivity index (χ0v) is 32.4. The molecule has 0 saturated carbocycles. The number of ether oxygens (including phenoxy) is 2. The van der Waals surface area contributed by atoms with Crippen LogP contribution in [-0.4, -0.2) is 62.1 Å². The van der Waals surface area contributed by atoms with Crippen LogP contribution in [0.1, 0.15) is 207 Å². The van der Waals surface area contributed by atoms with Crippen LogP contribution in [0.5, 0.6) is 0 Å². The molecule has 0 rings (SSSR count). The number of amides is 1. The zero-order chi connectivity index (χ0) is 35.3. The minimum absolute atomic E-state index is 0.00212. The Kier molecular flexibility index (Phi) is 35.4. The molecule has 0 aliphatic rings. The highest BCUT2D eigenvalue weighted by atomic mass is 16.5. The van der Waals surface area contributed by atoms with Gasteiger partial charge in [-0.25, -0.2) is 0 Å². The van der Waals surface area contributed by atoms with Crippen molar-refractivity contribution in [3.8, 4) is 0 Å². The molecule has 0 aliphatic heterocycles. The van der Waals surface area contributed by atoms with E-state index in [1.807, 2.05) is 0 Å². The lowest BCUT2D eigenvalue weighted by molar-refractivity contribution is -0.150. The highest BCUT2D eigenvalue weighted by molar-refractivity contribution is 5.75. The lowest BCUT2D eigenvalue weighted by Crippen LogP contribution is -2.28. The largest absolute Gasteiger partial charge is 0.466 e. The summed E-state index contributed by atoms with van der Waals surface area (Å²) < 4.78 is 11.3. The first-order chi connectivity index (χ1) is 23.5. The second-order valence-electron chi connectivity index (χ2n) is 14.1. The molecular formula is C41H80N2O5. The van der Waals surface area contributed by atoms with Gasteiger partial charge in [-0.3, -0.25) is 14.4 Å². The number of rotatable bonds is 37. The van der Waals surface area contributed by atoms with E-state index in [4.69, 9.17) is 9.47 Å². The molecule has 0 saturated heterocycles. The van der Waals surface area contributed by atoms with Gasteiger partial charge in [-0.15, -0.1) is 0 Å². The lowest BCUT2D eigenvalue weighted by atomic mass is 10.0. The summed E-state index contributed by atoms with van der Waals surface area (Å²) in [6.07, 6.45) is 31.4. The van der Waals surface area contributed by atoms with Gasteiger partial charge in [0.1, 0.15) is 6.10 Å². The van der Waals surface area contributed by atoms with Gasteiger partial charge in [0, 0.05) is 26.3 Å². The number of unbranched alkanes of at least 4 members (excludes halogenated alkanes) is 18. The Morgan fingerprint density at radius 1 is 0.500 bits per heavy atom. The van der Waals surface area contributed by atoms with E-state index in [9.17, 15) is 14.4 Å². The highest BCUT2D eigenvalue weighted by Crippen LogP contribution is 2.17. The van der Waals surface area contributed by atoms with Gasteiger partial charge in [0.05, 0.1) is 6.61 Å². The summed E-state index contributed by atoms with van der Waals surface area (Å²) >= 11 is 0. The minimum atomic E-state index is -0.0367. The fraction of sp³-hybridized carbons (Fsp3) is 0.927. The van der Waals surface area contributed by atoms with Crippen molar-refractivity contribution in [3.05, 3.63) is 0 Å². The van der Waals surface area contributed by atoms with Crippen molar-refractivity contribution in [2.24, 2.45) is 0 Å². The maximum absolute atomic E-state index is 12.5. The number of carbonyl (C=O) groups is 3. The first-order valence-electron chi connectivity index (χ1n) is 20.7. The van der Waals surface area contributed by atoms with Gasteiger partial charge in [-0.1, -0.05) is 124 Å². The second-order valence-corrected chi connectivity index (χ2v) is 14.1. The van der Waals surface area contributed by atoms with Gasteiger partial charge in [0.15, 0.2) is 0 Å². The smallest absolute Gasteiger partial charge is 0.306 e. The molecule has 48 heavy (non-hydrogen) atoms. The molecule has 0 aromatic carbocycles. The van der Waals surface area contributed by atoms with Crippen LogP contribution in [0.2, 0.25) is 0 Å². The van der Waals surface area contributed by atoms with E-state index in [0.717, 1.165) is 116 Å². The Morgan fingerprint density at radius 2 is 0.938 bits per heavy atom. The van der Waals surface area contributed by atoms with Crippen LogP contribution in [0.15, 0.2) is 0 Å². The van der Waals surface area contributed by atoms with E-state index in [2.05, 4.69) is 31.0 Å². The van der Waals surface area contributed by atoms with E-state index in [0.29, 0.717) is 25.9 Å². The minimum Gasteiger partial charge on any atom is -0.466 e. The molecule has 0 aliphatic carbocycles. The summed E-state index contributed by atoms with van der Waals surface area (Å²) in [4.78, 5) is 38.8. The molecule has 1 atom stereocenters. The Morgan fingerprint density at radius 3 is 1.52 bits per heavy atom. The summed E-state index contributed by atoms with van der Waals surface area (Å²) in [7, 11) is 1.70. The fourth-order valence-corrected chi connectivity index (χ4v) is 6.26. The maximum atomic E-state index is 12.5. The molecule has 1 unspecified atom stereocenters. The Hall–Kier alpha value is -1.63. The van der Waals surface area contributed by atoms with Crippen molar-refractivity contribution in [3.63, 3.8) is 0 Å². The van der Waals surface area contributed by atoms with Gasteiger partial charge in [-0.05, 0) is 83.8 Å². The first kappa shape index (κ1) is 46.4. The normalized spacial score (nSPS) is 11.9. The number of hydrogen-bond donors (Lipinski definition) is 1. The predicted octanol–water partition coefficient (Wildman–Crippen LogP) is 10.9. The Labute approximate surface area is 297 Å². The van der Waals surface area contributed by atoms with Crippen LogP contribution in [0.3, 0.4) is 0 Å². The monoisotopic (exact) mass is 681 g/mol. The molecule has 1 amide bonds. The summed E-state index contributed by atoms with van der Waals surface area (Å²) in [6.45, 7) is 10.3. The van der Waals surface area contributed by atoms with E-state index >= 15 is 0 Å². The van der Waals surface area contributed by atoms with Crippen LogP contribution in [-0.2, 0) is 23.9 Å². The number of hydrogen-bond acceptors (Lipinski definition) is 6. The molecule has 7 nitrogen and oxygen atoms in total. The van der Waals surface area contributed by atoms with Crippen molar-refractivity contribution < 1.29 is 23.9 Å². The summed E-state index contributed by atoms with van der Waals surface area (Å²) in [5.41, 5.74) is 0. The van der Waals surface area contributed by atoms with E-state index in [1.54, 1.807) is 7.05 Å². The molecule has 0 bridgehead atoms. The summed E-state index contributed by atoms with van der Waals surface area (Å²) in [6, 6.07) is 0. The van der Waals surface area contributed by atoms with Crippen molar-refractivity contribution in [1.29, 1.82) is 0 Å². The SMILES string of the molecule is CCCCCCCCOC(=O)CCCCCCCN(CCCCCCCC(=O)OC(CCCCC)CCCCCC)CCCC(=O)NC. The number of esters is 2. The topological polar surface area (TPSA) is 84.9 Å². The van der Waals surface area contributed by atoms with Crippen molar-refractivity contribution >= 4 is 17.8 Å². The molecule has 0 radical (unpaired) electrons. The third-order valence-corrected chi connectivity index (χ3v) is 9.44. The van der Waals surface area contributed by atoms with Gasteiger partial charge in [-0.2, -0.15) is 0 Å². The van der Waals surface area contributed by atoms with Crippen LogP contribution >= 0.6 is 0 Å². The first-order valence-corrected chi connectivity index (χ1v) is 20.7. The average Bonchev–Trinajstić information content (AvgIpc) is 3.08. The van der Waals surface area contributed by atoms with Gasteiger partial charge in [0.2, 0.25) is 5.91 Å². The number of nitrogens with one attached hydrogen (secondary N) is 1.